The van der Waals surface area contributed by atoms with Gasteiger partial charge in [-0.15, -0.1) is 0 Å². The van der Waals surface area contributed by atoms with Crippen LogP contribution in [0.4, 0.5) is 0 Å². The van der Waals surface area contributed by atoms with Gasteiger partial charge in [-0.2, -0.15) is 0 Å². The molecule has 3 fully saturated rings. The second-order valence-electron chi connectivity index (χ2n) is 7.85. The van der Waals surface area contributed by atoms with Gasteiger partial charge in [-0.05, 0) is 70.9 Å². The zero-order chi connectivity index (χ0) is 14.7. The van der Waals surface area contributed by atoms with Crippen molar-refractivity contribution >= 4 is 0 Å². The number of aliphatic hydroxyl groups excluding tert-OH is 1. The third kappa shape index (κ3) is 3.80. The van der Waals surface area contributed by atoms with E-state index in [1.807, 2.05) is 0 Å². The van der Waals surface area contributed by atoms with E-state index in [9.17, 15) is 5.11 Å². The second kappa shape index (κ2) is 6.97. The first-order valence-electron chi connectivity index (χ1n) is 9.36. The Morgan fingerprint density at radius 1 is 1.10 bits per heavy atom. The number of nitrogens with zero attached hydrogens (tertiary/aromatic N) is 1. The second-order valence-corrected chi connectivity index (χ2v) is 7.85. The molecule has 3 heteroatoms. The molecule has 2 aliphatic carbocycles. The molecule has 21 heavy (non-hydrogen) atoms. The van der Waals surface area contributed by atoms with E-state index in [0.717, 1.165) is 6.04 Å². The number of likely N-dealkylation sites (tertiary alicyclic amines) is 1. The highest BCUT2D eigenvalue weighted by Gasteiger charge is 2.45. The predicted octanol–water partition coefficient (Wildman–Crippen LogP) is 2.92. The zero-order valence-corrected chi connectivity index (χ0v) is 13.8. The fourth-order valence-electron chi connectivity index (χ4n) is 4.63. The van der Waals surface area contributed by atoms with Crippen LogP contribution in [0, 0.1) is 5.92 Å². The van der Waals surface area contributed by atoms with Crippen molar-refractivity contribution < 1.29 is 5.11 Å². The normalized spacial score (nSPS) is 38.6. The zero-order valence-electron chi connectivity index (χ0n) is 13.8. The Kier molecular flexibility index (Phi) is 5.23. The molecule has 3 unspecified atom stereocenters. The highest BCUT2D eigenvalue weighted by molar-refractivity contribution is 5.03. The Morgan fingerprint density at radius 2 is 1.95 bits per heavy atom. The van der Waals surface area contributed by atoms with Crippen LogP contribution in [-0.4, -0.2) is 47.3 Å². The maximum absolute atomic E-state index is 10.0. The molecule has 122 valence electrons. The molecule has 0 aromatic heterocycles. The van der Waals surface area contributed by atoms with E-state index >= 15 is 0 Å². The van der Waals surface area contributed by atoms with Crippen LogP contribution in [0.1, 0.15) is 71.1 Å². The third-order valence-corrected chi connectivity index (χ3v) is 6.26. The summed E-state index contributed by atoms with van der Waals surface area (Å²) >= 11 is 0. The summed E-state index contributed by atoms with van der Waals surface area (Å²) in [7, 11) is 0. The number of nitrogens with one attached hydrogen (secondary N) is 1. The summed E-state index contributed by atoms with van der Waals surface area (Å²) < 4.78 is 0. The van der Waals surface area contributed by atoms with Gasteiger partial charge >= 0.3 is 0 Å². The first-order chi connectivity index (χ1) is 10.2. The van der Waals surface area contributed by atoms with E-state index in [1.165, 1.54) is 77.3 Å². The SMILES string of the molecule is CC1CCCCCN1CCC1CCCC1(CO)NC1CC1. The summed E-state index contributed by atoms with van der Waals surface area (Å²) in [5.41, 5.74) is 0.0518. The summed E-state index contributed by atoms with van der Waals surface area (Å²) in [6, 6.07) is 1.46. The summed E-state index contributed by atoms with van der Waals surface area (Å²) in [5, 5.41) is 13.8. The fourth-order valence-corrected chi connectivity index (χ4v) is 4.63. The van der Waals surface area contributed by atoms with Gasteiger partial charge in [-0.25, -0.2) is 0 Å². The number of hydrogen-bond donors (Lipinski definition) is 2. The van der Waals surface area contributed by atoms with Crippen LogP contribution in [0.5, 0.6) is 0 Å². The molecular formula is C18H34N2O. The topological polar surface area (TPSA) is 35.5 Å². The molecule has 0 spiro atoms. The Labute approximate surface area is 130 Å². The molecule has 1 saturated heterocycles. The van der Waals surface area contributed by atoms with E-state index in [0.29, 0.717) is 18.6 Å². The highest BCUT2D eigenvalue weighted by atomic mass is 16.3. The lowest BCUT2D eigenvalue weighted by Crippen LogP contribution is -2.53. The van der Waals surface area contributed by atoms with E-state index in [1.54, 1.807) is 0 Å². The lowest BCUT2D eigenvalue weighted by molar-refractivity contribution is 0.104. The summed E-state index contributed by atoms with van der Waals surface area (Å²) in [5.74, 6) is 0.679. The largest absolute Gasteiger partial charge is 0.394 e. The first-order valence-corrected chi connectivity index (χ1v) is 9.36. The van der Waals surface area contributed by atoms with Crippen LogP contribution in [0.15, 0.2) is 0 Å². The van der Waals surface area contributed by atoms with Crippen molar-refractivity contribution in [2.24, 2.45) is 5.92 Å². The van der Waals surface area contributed by atoms with Gasteiger partial charge in [0, 0.05) is 17.6 Å². The summed E-state index contributed by atoms with van der Waals surface area (Å²) in [6.07, 6.45) is 13.2. The lowest BCUT2D eigenvalue weighted by atomic mass is 9.84. The van der Waals surface area contributed by atoms with Crippen molar-refractivity contribution in [3.05, 3.63) is 0 Å². The van der Waals surface area contributed by atoms with Crippen molar-refractivity contribution in [1.29, 1.82) is 0 Å². The molecule has 1 aliphatic heterocycles. The molecule has 0 bridgehead atoms. The minimum Gasteiger partial charge on any atom is -0.394 e. The van der Waals surface area contributed by atoms with Gasteiger partial charge in [-0.1, -0.05) is 19.3 Å². The molecule has 3 rings (SSSR count). The maximum Gasteiger partial charge on any atom is 0.0616 e. The van der Waals surface area contributed by atoms with Crippen LogP contribution < -0.4 is 5.32 Å². The van der Waals surface area contributed by atoms with Gasteiger partial charge in [0.25, 0.3) is 0 Å². The average Bonchev–Trinajstić information content (AvgIpc) is 3.24. The van der Waals surface area contributed by atoms with Crippen LogP contribution in [0.3, 0.4) is 0 Å². The van der Waals surface area contributed by atoms with E-state index < -0.39 is 0 Å². The first kappa shape index (κ1) is 15.8. The Morgan fingerprint density at radius 3 is 2.71 bits per heavy atom. The Bertz CT molecular complexity index is 331. The van der Waals surface area contributed by atoms with Crippen molar-refractivity contribution in [1.82, 2.24) is 10.2 Å². The van der Waals surface area contributed by atoms with Gasteiger partial charge in [0.15, 0.2) is 0 Å². The van der Waals surface area contributed by atoms with Gasteiger partial charge in [0.1, 0.15) is 0 Å². The Hall–Kier alpha value is -0.120. The van der Waals surface area contributed by atoms with Gasteiger partial charge < -0.3 is 15.3 Å². The molecule has 0 aromatic carbocycles. The van der Waals surface area contributed by atoms with Crippen molar-refractivity contribution in [2.45, 2.75) is 88.8 Å². The van der Waals surface area contributed by atoms with E-state index in [-0.39, 0.29) is 5.54 Å². The monoisotopic (exact) mass is 294 g/mol. The van der Waals surface area contributed by atoms with E-state index in [2.05, 4.69) is 17.1 Å². The molecule has 2 N–H and O–H groups in total. The minimum absolute atomic E-state index is 0.0518. The number of aliphatic hydroxyl groups is 1. The standard InChI is InChI=1S/C18H34N2O/c1-15-6-3-2-4-12-20(15)13-10-16-7-5-11-18(16,14-21)19-17-8-9-17/h15-17,19,21H,2-14H2,1H3. The predicted molar refractivity (Wildman–Crippen MR) is 87.4 cm³/mol. The van der Waals surface area contributed by atoms with Crippen molar-refractivity contribution in [3.8, 4) is 0 Å². The van der Waals surface area contributed by atoms with Crippen LogP contribution >= 0.6 is 0 Å². The highest BCUT2D eigenvalue weighted by Crippen LogP contribution is 2.40. The molecular weight excluding hydrogens is 260 g/mol. The lowest BCUT2D eigenvalue weighted by Gasteiger charge is -2.37. The van der Waals surface area contributed by atoms with Gasteiger partial charge in [-0.3, -0.25) is 0 Å². The molecule has 3 aliphatic rings. The molecule has 3 atom stereocenters. The smallest absolute Gasteiger partial charge is 0.0616 e. The molecule has 2 saturated carbocycles. The van der Waals surface area contributed by atoms with Gasteiger partial charge in [0.05, 0.1) is 6.61 Å². The molecule has 0 aromatic rings. The molecule has 0 amide bonds. The molecule has 0 radical (unpaired) electrons. The maximum atomic E-state index is 10.0. The fraction of sp³-hybridized carbons (Fsp3) is 1.00. The van der Waals surface area contributed by atoms with Crippen LogP contribution in [0.25, 0.3) is 0 Å². The van der Waals surface area contributed by atoms with Gasteiger partial charge in [0.2, 0.25) is 0 Å². The third-order valence-electron chi connectivity index (χ3n) is 6.26. The molecule has 1 heterocycles. The molecule has 3 nitrogen and oxygen atoms in total. The average molecular weight is 294 g/mol. The summed E-state index contributed by atoms with van der Waals surface area (Å²) in [6.45, 7) is 5.27. The van der Waals surface area contributed by atoms with Crippen LogP contribution in [0.2, 0.25) is 0 Å². The summed E-state index contributed by atoms with van der Waals surface area (Å²) in [4.78, 5) is 2.71. The minimum atomic E-state index is 0.0518. The Balaban J connectivity index is 1.54. The number of rotatable bonds is 6. The quantitative estimate of drug-likeness (QED) is 0.790. The van der Waals surface area contributed by atoms with Crippen molar-refractivity contribution in [2.75, 3.05) is 19.7 Å². The van der Waals surface area contributed by atoms with Crippen molar-refractivity contribution in [3.63, 3.8) is 0 Å². The van der Waals surface area contributed by atoms with Crippen LogP contribution in [-0.2, 0) is 0 Å². The number of hydrogen-bond acceptors (Lipinski definition) is 3. The van der Waals surface area contributed by atoms with E-state index in [4.69, 9.17) is 0 Å².